The van der Waals surface area contributed by atoms with Gasteiger partial charge in [0.05, 0.1) is 6.33 Å². The van der Waals surface area contributed by atoms with Gasteiger partial charge in [-0.1, -0.05) is 159 Å². The zero-order valence-corrected chi connectivity index (χ0v) is 85.7. The van der Waals surface area contributed by atoms with Gasteiger partial charge in [0.2, 0.25) is 0 Å². The Labute approximate surface area is 674 Å². The van der Waals surface area contributed by atoms with Crippen molar-refractivity contribution in [3.63, 3.8) is 0 Å². The van der Waals surface area contributed by atoms with Crippen molar-refractivity contribution >= 4 is 37.8 Å². The van der Waals surface area contributed by atoms with Gasteiger partial charge in [-0.05, 0) is 18.2 Å². The summed E-state index contributed by atoms with van der Waals surface area (Å²) in [5.74, 6) is 0. The fourth-order valence-corrected chi connectivity index (χ4v) is 1.48. The minimum atomic E-state index is 0. The van der Waals surface area contributed by atoms with Gasteiger partial charge in [-0.3, -0.25) is 41.6 Å². The Morgan fingerprint density at radius 2 is 0.775 bits per heavy atom. The molecule has 11 nitrogen and oxygen atoms in total. The molecule has 3 aromatic rings. The van der Waals surface area contributed by atoms with Gasteiger partial charge in [0.1, 0.15) is 0 Å². The number of allylic oxidation sites excluding steroid dienone is 12. The molecule has 0 fully saturated rings. The molecule has 0 saturated heterocycles. The molecule has 0 aliphatic carbocycles. The molecular formula is C70H129N11W8. The summed E-state index contributed by atoms with van der Waals surface area (Å²) in [7, 11) is 5.83. The SMILES string of the molecule is CC.CC.CC.CC.CC.CC.CC.CC.CC.CC.CC.C[C-]=CC=[C-]C.C[C-]=CC=[N-].Cn1cccc1.Cn1cccn1.Cn1ccnc1.[CH-]=C(C)C=[N-].[CH-]=CC(=[CH-])C.[CH-]=CC(C)=[N-].[CH-]=CN=[C-]C.[CH-]=NC(=[CH-])C.[CH-]=NC=[C-]C.[W+2].[W+2].[W+2].[W+2].[W+2].[W+2].[W+2].[W+2]. The number of hydrogen-bond acceptors (Lipinski definition) is 5. The molecule has 0 spiro atoms. The minimum Gasteiger partial charge on any atom is -0.911 e. The number of aryl methyl sites for hydroxylation is 3. The van der Waals surface area contributed by atoms with Crippen LogP contribution in [0.2, 0.25) is 0 Å². The summed E-state index contributed by atoms with van der Waals surface area (Å²) in [6.07, 6.45) is 38.3. The number of imidazole rings is 1. The van der Waals surface area contributed by atoms with Crippen molar-refractivity contribution in [1.82, 2.24) is 23.9 Å². The minimum absolute atomic E-state index is 0. The fraction of sp³-hybridized carbons (Fsp3) is 0.486. The quantitative estimate of drug-likeness (QED) is 0.126. The van der Waals surface area contributed by atoms with Crippen molar-refractivity contribution in [2.24, 2.45) is 36.1 Å². The molecule has 0 aliphatic rings. The van der Waals surface area contributed by atoms with E-state index in [1.807, 2.05) is 252 Å². The summed E-state index contributed by atoms with van der Waals surface area (Å²) in [5, 5.41) is 27.6. The standard InChI is InChI=1S/C6H8.C5H7N.C5H6.2C4H6N2.6C4H5N.11C2H6.8W/c1-3-5-6-4-2;1-6-4-2-3-5-6;1-4-5(2)3;1-6-3-2-5-4-6;1-6-4-2-3-5-6;1-4(2)5-3;1-4(2)3-5;1-3-4-5-2;1-3-5-4-2;1-3-4(2)5;1-2-3-4-5;11*1-2;;;;;;;;/h5-6H,1-2H3;2-5H,1H3;1-2,4H,3H3;2*2-4H,1H3;2*1,3H,2H3;2,4H,1H3;2*1,3H,2H3;3-4H,1H3;11*1-2H3;;;;;;;;/q-2;;-2;;;6*-2;;;;;;;;;;;;8*+2. The largest absolute Gasteiger partial charge is 2.00 e. The summed E-state index contributed by atoms with van der Waals surface area (Å²) in [5.41, 5.74) is 1.66. The Morgan fingerprint density at radius 3 is 0.820 bits per heavy atom. The van der Waals surface area contributed by atoms with Gasteiger partial charge in [-0.2, -0.15) is 24.7 Å². The zero-order chi connectivity index (χ0) is 69.5. The van der Waals surface area contributed by atoms with Crippen LogP contribution in [-0.2, 0) is 190 Å². The van der Waals surface area contributed by atoms with Crippen LogP contribution in [0.1, 0.15) is 215 Å². The Hall–Kier alpha value is -1.37. The first-order valence-corrected chi connectivity index (χ1v) is 27.9. The molecule has 0 amide bonds. The van der Waals surface area contributed by atoms with Crippen molar-refractivity contribution in [3.8, 4) is 0 Å². The molecule has 3 heterocycles. The van der Waals surface area contributed by atoms with Crippen LogP contribution in [0.3, 0.4) is 0 Å². The predicted molar refractivity (Wildman–Crippen MR) is 381 cm³/mol. The van der Waals surface area contributed by atoms with E-state index in [9.17, 15) is 0 Å². The maximum atomic E-state index is 8.10. The van der Waals surface area contributed by atoms with Gasteiger partial charge in [0, 0.05) is 58.3 Å². The van der Waals surface area contributed by atoms with Crippen molar-refractivity contribution < 1.29 is 169 Å². The van der Waals surface area contributed by atoms with E-state index in [0.717, 1.165) is 18.5 Å². The molecule has 3 rings (SSSR count). The first-order valence-electron chi connectivity index (χ1n) is 27.9. The second-order valence-corrected chi connectivity index (χ2v) is 9.70. The van der Waals surface area contributed by atoms with Gasteiger partial charge < -0.3 is 145 Å². The van der Waals surface area contributed by atoms with Crippen molar-refractivity contribution in [1.29, 1.82) is 0 Å². The molecule has 0 aromatic carbocycles. The van der Waals surface area contributed by atoms with E-state index in [0.29, 0.717) is 16.8 Å². The summed E-state index contributed by atoms with van der Waals surface area (Å²) >= 11 is 0. The van der Waals surface area contributed by atoms with Crippen LogP contribution in [0.4, 0.5) is 0 Å². The first kappa shape index (κ1) is 179. The third kappa shape index (κ3) is 462. The number of nitrogens with zero attached hydrogens (tertiary/aromatic N) is 11. The topological polar surface area (TPSA) is 145 Å². The summed E-state index contributed by atoms with van der Waals surface area (Å²) in [6, 6.07) is 5.89. The van der Waals surface area contributed by atoms with Crippen LogP contribution >= 0.6 is 0 Å². The molecule has 19 heteroatoms. The zero-order valence-electron chi connectivity index (χ0n) is 62.3. The Kier molecular flexibility index (Phi) is 540. The fourth-order valence-electron chi connectivity index (χ4n) is 1.48. The molecule has 0 aliphatic heterocycles. The third-order valence-electron chi connectivity index (χ3n) is 4.00. The van der Waals surface area contributed by atoms with Gasteiger partial charge in [-0.25, -0.2) is 11.9 Å². The molecule has 0 N–H and O–H groups in total. The van der Waals surface area contributed by atoms with Crippen LogP contribution < -0.4 is 0 Å². The van der Waals surface area contributed by atoms with Crippen LogP contribution in [-0.4, -0.2) is 61.7 Å². The Morgan fingerprint density at radius 1 is 0.472 bits per heavy atom. The van der Waals surface area contributed by atoms with Gasteiger partial charge in [0.15, 0.2) is 0 Å². The van der Waals surface area contributed by atoms with E-state index in [1.165, 1.54) is 31.5 Å². The number of rotatable bonds is 8. The van der Waals surface area contributed by atoms with Crippen LogP contribution in [0.5, 0.6) is 0 Å². The van der Waals surface area contributed by atoms with Gasteiger partial charge >= 0.3 is 169 Å². The predicted octanol–water partition coefficient (Wildman–Crippen LogP) is 22.0. The second-order valence-electron chi connectivity index (χ2n) is 9.70. The normalized spacial score (nSPS) is 6.31. The van der Waals surface area contributed by atoms with Gasteiger partial charge in [-0.15, -0.1) is 48.5 Å². The maximum absolute atomic E-state index is 8.10. The van der Waals surface area contributed by atoms with Crippen LogP contribution in [0.25, 0.3) is 16.2 Å². The molecular weight excluding hydrogens is 2470 g/mol. The van der Waals surface area contributed by atoms with Crippen LogP contribution in [0, 0.1) is 63.8 Å². The second kappa shape index (κ2) is 269. The average molecular weight is 2600 g/mol. The molecule has 0 unspecified atom stereocenters. The van der Waals surface area contributed by atoms with E-state index in [1.54, 1.807) is 64.9 Å². The molecule has 0 radical (unpaired) electrons. The third-order valence-corrected chi connectivity index (χ3v) is 4.00. The van der Waals surface area contributed by atoms with Crippen molar-refractivity contribution in [2.45, 2.75) is 215 Å². The molecule has 0 bridgehead atoms. The molecule has 512 valence electrons. The molecule has 0 atom stereocenters. The number of aromatic nitrogens is 5. The first-order chi connectivity index (χ1) is 38.9. The smallest absolute Gasteiger partial charge is 0.911 e. The molecule has 3 aromatic heterocycles. The van der Waals surface area contributed by atoms with Gasteiger partial charge in [0.25, 0.3) is 0 Å². The Bertz CT molecular complexity index is 1390. The van der Waals surface area contributed by atoms with Crippen LogP contribution in [0.15, 0.2) is 136 Å². The van der Waals surface area contributed by atoms with E-state index in [2.05, 4.69) is 69.0 Å². The summed E-state index contributed by atoms with van der Waals surface area (Å²) in [4.78, 5) is 13.4. The number of hydrogen-bond donors (Lipinski definition) is 0. The molecule has 0 saturated carbocycles. The molecule has 89 heavy (non-hydrogen) atoms. The van der Waals surface area contributed by atoms with E-state index in [-0.39, 0.29) is 174 Å². The monoisotopic (exact) mass is 2600 g/mol. The van der Waals surface area contributed by atoms with E-state index >= 15 is 0 Å². The van der Waals surface area contributed by atoms with Crippen molar-refractivity contribution in [3.05, 3.63) is 201 Å². The Balaban J connectivity index is -0.0000000183. The van der Waals surface area contributed by atoms with Crippen molar-refractivity contribution in [2.75, 3.05) is 0 Å². The maximum Gasteiger partial charge on any atom is 2.00 e. The average Bonchev–Trinajstić information content (AvgIpc) is 4.36. The summed E-state index contributed by atoms with van der Waals surface area (Å²) < 4.78 is 5.64. The summed E-state index contributed by atoms with van der Waals surface area (Å²) in [6.45, 7) is 97.9. The van der Waals surface area contributed by atoms with E-state index < -0.39 is 0 Å². The number of aliphatic imine (C=N–C) groups is 3. The van der Waals surface area contributed by atoms with E-state index in [4.69, 9.17) is 55.7 Å².